The van der Waals surface area contributed by atoms with Gasteiger partial charge >= 0.3 is 0 Å². The van der Waals surface area contributed by atoms with Gasteiger partial charge < -0.3 is 19.3 Å². The van der Waals surface area contributed by atoms with Crippen molar-refractivity contribution in [2.24, 2.45) is 0 Å². The molecule has 3 aromatic rings. The second-order valence-electron chi connectivity index (χ2n) is 10.0. The molecule has 0 aliphatic carbocycles. The van der Waals surface area contributed by atoms with Crippen LogP contribution in [0.3, 0.4) is 0 Å². The maximum atomic E-state index is 13.8. The molecule has 6 nitrogen and oxygen atoms in total. The molecule has 0 spiro atoms. The lowest BCUT2D eigenvalue weighted by atomic mass is 9.86. The highest BCUT2D eigenvalue weighted by atomic mass is 35.5. The van der Waals surface area contributed by atoms with Crippen LogP contribution in [0.1, 0.15) is 75.4 Å². The highest BCUT2D eigenvalue weighted by Crippen LogP contribution is 2.44. The van der Waals surface area contributed by atoms with Gasteiger partial charge in [-0.1, -0.05) is 42.8 Å². The highest BCUT2D eigenvalue weighted by Gasteiger charge is 2.36. The van der Waals surface area contributed by atoms with Gasteiger partial charge in [0.1, 0.15) is 0 Å². The maximum Gasteiger partial charge on any atom is 0.232 e. The SMILES string of the molecule is CCC(C)Oc1cc2c(cc1OC)CC(=O)N(c1ccc([C@H](C)N(CC)C(C)=O)cc1)[C@H]2c1ccc(Cl)cc1. The van der Waals surface area contributed by atoms with E-state index in [1.54, 1.807) is 14.0 Å². The van der Waals surface area contributed by atoms with E-state index in [4.69, 9.17) is 21.1 Å². The van der Waals surface area contributed by atoms with E-state index in [1.807, 2.05) is 91.2 Å². The second kappa shape index (κ2) is 12.1. The van der Waals surface area contributed by atoms with E-state index >= 15 is 0 Å². The van der Waals surface area contributed by atoms with Gasteiger partial charge in [0.15, 0.2) is 11.5 Å². The van der Waals surface area contributed by atoms with Crippen molar-refractivity contribution in [2.75, 3.05) is 18.6 Å². The summed E-state index contributed by atoms with van der Waals surface area (Å²) in [5, 5.41) is 0.632. The van der Waals surface area contributed by atoms with E-state index in [-0.39, 0.29) is 36.4 Å². The van der Waals surface area contributed by atoms with Crippen molar-refractivity contribution in [1.29, 1.82) is 0 Å². The summed E-state index contributed by atoms with van der Waals surface area (Å²) in [5.74, 6) is 1.30. The number of nitrogens with zero attached hydrogens (tertiary/aromatic N) is 2. The van der Waals surface area contributed by atoms with E-state index < -0.39 is 0 Å². The first-order valence-electron chi connectivity index (χ1n) is 13.5. The molecular weight excluding hydrogens is 512 g/mol. The van der Waals surface area contributed by atoms with E-state index in [2.05, 4.69) is 6.92 Å². The number of ether oxygens (including phenoxy) is 2. The molecule has 0 radical (unpaired) electrons. The molecule has 7 heteroatoms. The van der Waals surface area contributed by atoms with Crippen LogP contribution in [-0.2, 0) is 16.0 Å². The Morgan fingerprint density at radius 1 is 1.05 bits per heavy atom. The summed E-state index contributed by atoms with van der Waals surface area (Å²) < 4.78 is 11.9. The smallest absolute Gasteiger partial charge is 0.232 e. The average Bonchev–Trinajstić information content (AvgIpc) is 2.93. The van der Waals surface area contributed by atoms with Crippen molar-refractivity contribution >= 4 is 29.1 Å². The fourth-order valence-electron chi connectivity index (χ4n) is 5.24. The van der Waals surface area contributed by atoms with Crippen molar-refractivity contribution in [2.45, 2.75) is 65.6 Å². The zero-order valence-electron chi connectivity index (χ0n) is 23.5. The number of hydrogen-bond donors (Lipinski definition) is 0. The van der Waals surface area contributed by atoms with Crippen molar-refractivity contribution in [3.63, 3.8) is 0 Å². The van der Waals surface area contributed by atoms with Crippen LogP contribution in [-0.4, -0.2) is 36.5 Å². The van der Waals surface area contributed by atoms with Gasteiger partial charge in [-0.25, -0.2) is 0 Å². The third-order valence-corrected chi connectivity index (χ3v) is 7.80. The minimum atomic E-state index is -0.378. The van der Waals surface area contributed by atoms with Gasteiger partial charge in [-0.05, 0) is 85.8 Å². The molecule has 3 aromatic carbocycles. The molecule has 0 bridgehead atoms. The molecule has 1 aliphatic heterocycles. The number of anilines is 1. The van der Waals surface area contributed by atoms with Crippen molar-refractivity contribution in [1.82, 2.24) is 4.90 Å². The largest absolute Gasteiger partial charge is 0.493 e. The summed E-state index contributed by atoms with van der Waals surface area (Å²) in [5.41, 5.74) is 4.64. The maximum absolute atomic E-state index is 13.8. The van der Waals surface area contributed by atoms with Gasteiger partial charge in [0.2, 0.25) is 11.8 Å². The van der Waals surface area contributed by atoms with Crippen molar-refractivity contribution < 1.29 is 19.1 Å². The predicted octanol–water partition coefficient (Wildman–Crippen LogP) is 7.13. The molecular formula is C32H37ClN2O4. The summed E-state index contributed by atoms with van der Waals surface area (Å²) in [4.78, 5) is 29.5. The Hall–Kier alpha value is -3.51. The van der Waals surface area contributed by atoms with E-state index in [0.717, 1.165) is 34.4 Å². The number of hydrogen-bond acceptors (Lipinski definition) is 4. The number of fused-ring (bicyclic) bond motifs is 1. The first-order chi connectivity index (χ1) is 18.7. The van der Waals surface area contributed by atoms with Crippen LogP contribution in [0.5, 0.6) is 11.5 Å². The standard InChI is InChI=1S/C32H37ClN2O4/c1-7-20(3)39-30-19-28-25(17-29(30)38-6)18-31(37)35(32(28)24-9-13-26(33)14-10-24)27-15-11-23(12-16-27)21(4)34(8-2)22(5)36/h9-17,19-21,32H,7-8,18H2,1-6H3/t20?,21-,32-/m0/s1. The Balaban J connectivity index is 1.82. The zero-order chi connectivity index (χ0) is 28.3. The molecule has 1 unspecified atom stereocenters. The van der Waals surface area contributed by atoms with Crippen molar-refractivity contribution in [3.8, 4) is 11.5 Å². The molecule has 206 valence electrons. The summed E-state index contributed by atoms with van der Waals surface area (Å²) in [6.45, 7) is 10.3. The number of halogens is 1. The van der Waals surface area contributed by atoms with E-state index in [0.29, 0.717) is 23.1 Å². The summed E-state index contributed by atoms with van der Waals surface area (Å²) in [6, 6.07) is 19.0. The molecule has 0 saturated heterocycles. The van der Waals surface area contributed by atoms with Gasteiger partial charge in [0, 0.05) is 24.2 Å². The Labute approximate surface area is 236 Å². The Kier molecular flexibility index (Phi) is 8.86. The Morgan fingerprint density at radius 2 is 1.72 bits per heavy atom. The molecule has 0 aromatic heterocycles. The number of methoxy groups -OCH3 is 1. The third kappa shape index (κ3) is 5.91. The van der Waals surface area contributed by atoms with Crippen LogP contribution in [0.15, 0.2) is 60.7 Å². The number of benzene rings is 3. The van der Waals surface area contributed by atoms with Gasteiger partial charge in [0.05, 0.1) is 31.7 Å². The molecule has 3 atom stereocenters. The monoisotopic (exact) mass is 548 g/mol. The fourth-order valence-corrected chi connectivity index (χ4v) is 5.36. The van der Waals surface area contributed by atoms with Gasteiger partial charge in [-0.15, -0.1) is 0 Å². The molecule has 2 amide bonds. The third-order valence-electron chi connectivity index (χ3n) is 7.54. The molecule has 39 heavy (non-hydrogen) atoms. The first-order valence-corrected chi connectivity index (χ1v) is 13.9. The van der Waals surface area contributed by atoms with E-state index in [1.165, 1.54) is 0 Å². The minimum absolute atomic E-state index is 0.0134. The Morgan fingerprint density at radius 3 is 2.28 bits per heavy atom. The topological polar surface area (TPSA) is 59.1 Å². The lowest BCUT2D eigenvalue weighted by molar-refractivity contribution is -0.130. The highest BCUT2D eigenvalue weighted by molar-refractivity contribution is 6.30. The van der Waals surface area contributed by atoms with Gasteiger partial charge in [0.25, 0.3) is 0 Å². The molecule has 0 N–H and O–H groups in total. The number of carbonyl (C=O) groups excluding carboxylic acids is 2. The normalized spacial score (nSPS) is 16.3. The van der Waals surface area contributed by atoms with Crippen LogP contribution >= 0.6 is 11.6 Å². The van der Waals surface area contributed by atoms with Crippen LogP contribution in [0, 0.1) is 0 Å². The predicted molar refractivity (Wildman–Crippen MR) is 156 cm³/mol. The summed E-state index contributed by atoms with van der Waals surface area (Å²) >= 11 is 6.23. The lowest BCUT2D eigenvalue weighted by Crippen LogP contribution is -2.41. The van der Waals surface area contributed by atoms with E-state index in [9.17, 15) is 9.59 Å². The second-order valence-corrected chi connectivity index (χ2v) is 10.4. The van der Waals surface area contributed by atoms with Crippen LogP contribution in [0.4, 0.5) is 5.69 Å². The number of rotatable bonds is 9. The van der Waals surface area contributed by atoms with Crippen LogP contribution in [0.25, 0.3) is 0 Å². The Bertz CT molecular complexity index is 1320. The average molecular weight is 549 g/mol. The summed E-state index contributed by atoms with van der Waals surface area (Å²) in [6.07, 6.45) is 1.11. The van der Waals surface area contributed by atoms with Crippen molar-refractivity contribution in [3.05, 3.63) is 87.9 Å². The van der Waals surface area contributed by atoms with Crippen LogP contribution < -0.4 is 14.4 Å². The fraction of sp³-hybridized carbons (Fsp3) is 0.375. The minimum Gasteiger partial charge on any atom is -0.493 e. The van der Waals surface area contributed by atoms with Gasteiger partial charge in [-0.2, -0.15) is 0 Å². The number of amides is 2. The molecule has 4 rings (SSSR count). The lowest BCUT2D eigenvalue weighted by Gasteiger charge is -2.38. The van der Waals surface area contributed by atoms with Gasteiger partial charge in [-0.3, -0.25) is 9.59 Å². The molecule has 1 heterocycles. The summed E-state index contributed by atoms with van der Waals surface area (Å²) in [7, 11) is 1.62. The zero-order valence-corrected chi connectivity index (χ0v) is 24.3. The quantitative estimate of drug-likeness (QED) is 0.285. The molecule has 0 saturated carbocycles. The number of carbonyl (C=O) groups is 2. The molecule has 1 aliphatic rings. The molecule has 0 fully saturated rings. The van der Waals surface area contributed by atoms with Crippen LogP contribution in [0.2, 0.25) is 5.02 Å². The first kappa shape index (κ1) is 28.5.